The largest absolute Gasteiger partial charge is 0.595 e. The summed E-state index contributed by atoms with van der Waals surface area (Å²) in [4.78, 5) is 24.1. The number of non-ortho nitro benzene ring substituents is 1. The zero-order chi connectivity index (χ0) is 19.6. The molecule has 27 heavy (non-hydrogen) atoms. The van der Waals surface area contributed by atoms with Crippen molar-refractivity contribution in [2.24, 2.45) is 5.73 Å². The van der Waals surface area contributed by atoms with Crippen LogP contribution in [0.1, 0.15) is 22.5 Å². The first kappa shape index (κ1) is 18.3. The summed E-state index contributed by atoms with van der Waals surface area (Å²) >= 11 is 0. The fourth-order valence-electron chi connectivity index (χ4n) is 2.91. The lowest BCUT2D eigenvalue weighted by molar-refractivity contribution is -0.670. The van der Waals surface area contributed by atoms with Gasteiger partial charge in [-0.1, -0.05) is 4.85 Å². The van der Waals surface area contributed by atoms with E-state index in [-0.39, 0.29) is 29.2 Å². The number of nitro groups is 1. The molecule has 0 aliphatic carbocycles. The number of ketones is 1. The molecule has 0 spiro atoms. The maximum Gasteiger partial charge on any atom is 0.276 e. The number of nitro benzene ring substituents is 1. The van der Waals surface area contributed by atoms with Crippen LogP contribution in [0.2, 0.25) is 0 Å². The number of fused-ring (bicyclic) bond motifs is 1. The van der Waals surface area contributed by atoms with Crippen molar-refractivity contribution in [3.8, 4) is 5.75 Å². The zero-order valence-corrected chi connectivity index (χ0v) is 14.6. The summed E-state index contributed by atoms with van der Waals surface area (Å²) in [7, 11) is 1.52. The number of aromatic nitrogens is 2. The van der Waals surface area contributed by atoms with Gasteiger partial charge in [0.2, 0.25) is 5.78 Å². The first-order valence-corrected chi connectivity index (χ1v) is 8.27. The lowest BCUT2D eigenvalue weighted by atomic mass is 10.0. The molecule has 9 nitrogen and oxygen atoms in total. The third-order valence-electron chi connectivity index (χ3n) is 4.27. The number of ether oxygens (including phenoxy) is 1. The minimum absolute atomic E-state index is 0.0677. The highest BCUT2D eigenvalue weighted by atomic mass is 16.6. The molecule has 2 N–H and O–H groups in total. The van der Waals surface area contributed by atoms with Gasteiger partial charge in [0.15, 0.2) is 5.69 Å². The van der Waals surface area contributed by atoms with E-state index in [1.165, 1.54) is 30.0 Å². The van der Waals surface area contributed by atoms with Crippen LogP contribution in [0.3, 0.4) is 0 Å². The van der Waals surface area contributed by atoms with Crippen LogP contribution in [0.15, 0.2) is 42.5 Å². The Kier molecular flexibility index (Phi) is 5.04. The molecule has 0 unspecified atom stereocenters. The number of rotatable bonds is 7. The van der Waals surface area contributed by atoms with E-state index in [2.05, 4.69) is 0 Å². The Labute approximate surface area is 154 Å². The first-order chi connectivity index (χ1) is 13.0. The van der Waals surface area contributed by atoms with Crippen molar-refractivity contribution in [3.05, 3.63) is 69.0 Å². The average molecular weight is 370 g/mol. The molecule has 1 aromatic heterocycles. The van der Waals surface area contributed by atoms with Crippen molar-refractivity contribution in [3.63, 3.8) is 0 Å². The highest BCUT2D eigenvalue weighted by molar-refractivity contribution is 6.14. The molecule has 0 aliphatic heterocycles. The van der Waals surface area contributed by atoms with Crippen LogP contribution in [0.25, 0.3) is 10.9 Å². The Balaban J connectivity index is 2.18. The number of hydrogen-bond acceptors (Lipinski definition) is 6. The molecule has 2 aromatic carbocycles. The van der Waals surface area contributed by atoms with E-state index in [9.17, 15) is 20.1 Å². The topological polar surface area (TPSA) is 127 Å². The Morgan fingerprint density at radius 3 is 2.56 bits per heavy atom. The van der Waals surface area contributed by atoms with E-state index in [0.717, 1.165) is 0 Å². The van der Waals surface area contributed by atoms with Crippen LogP contribution in [-0.4, -0.2) is 29.0 Å². The quantitative estimate of drug-likeness (QED) is 0.222. The molecule has 9 heteroatoms. The van der Waals surface area contributed by atoms with Crippen molar-refractivity contribution in [1.29, 1.82) is 0 Å². The molecule has 140 valence electrons. The number of hydrogen-bond donors (Lipinski definition) is 1. The van der Waals surface area contributed by atoms with Crippen LogP contribution in [0, 0.1) is 15.3 Å². The van der Waals surface area contributed by atoms with Gasteiger partial charge in [0.1, 0.15) is 5.75 Å². The Hall–Kier alpha value is -3.46. The Bertz CT molecular complexity index is 1010. The summed E-state index contributed by atoms with van der Waals surface area (Å²) in [5, 5.41) is 24.1. The summed E-state index contributed by atoms with van der Waals surface area (Å²) in [6.07, 6.45) is 0.480. The molecular weight excluding hydrogens is 352 g/mol. The Morgan fingerprint density at radius 1 is 1.26 bits per heavy atom. The molecule has 0 amide bonds. The van der Waals surface area contributed by atoms with E-state index >= 15 is 0 Å². The molecule has 0 saturated carbocycles. The number of methoxy groups -OCH3 is 1. The Morgan fingerprint density at radius 2 is 1.96 bits per heavy atom. The smallest absolute Gasteiger partial charge is 0.276 e. The van der Waals surface area contributed by atoms with Gasteiger partial charge < -0.3 is 15.7 Å². The van der Waals surface area contributed by atoms with Crippen LogP contribution in [-0.2, 0) is 6.54 Å². The molecule has 0 radical (unpaired) electrons. The summed E-state index contributed by atoms with van der Waals surface area (Å²) in [5.74, 6) is 0.243. The van der Waals surface area contributed by atoms with Crippen molar-refractivity contribution in [2.75, 3.05) is 13.7 Å². The van der Waals surface area contributed by atoms with Crippen LogP contribution >= 0.6 is 0 Å². The normalized spacial score (nSPS) is 10.9. The van der Waals surface area contributed by atoms with Crippen molar-refractivity contribution < 1.29 is 19.3 Å². The summed E-state index contributed by atoms with van der Waals surface area (Å²) in [6, 6.07) is 10.4. The predicted octanol–water partition coefficient (Wildman–Crippen LogP) is 1.77. The highest BCUT2D eigenvalue weighted by Gasteiger charge is 2.28. The van der Waals surface area contributed by atoms with E-state index < -0.39 is 4.92 Å². The number of carbonyl (C=O) groups is 1. The van der Waals surface area contributed by atoms with Gasteiger partial charge in [0.05, 0.1) is 30.0 Å². The first-order valence-electron chi connectivity index (χ1n) is 8.27. The number of carbonyl (C=O) groups excluding carboxylic acids is 1. The lowest BCUT2D eigenvalue weighted by Gasteiger charge is -2.07. The van der Waals surface area contributed by atoms with Gasteiger partial charge in [-0.2, -0.15) is 0 Å². The summed E-state index contributed by atoms with van der Waals surface area (Å²) < 4.78 is 6.36. The number of nitrogens with two attached hydrogens (primary N) is 1. The van der Waals surface area contributed by atoms with E-state index in [0.29, 0.717) is 34.5 Å². The van der Waals surface area contributed by atoms with Crippen molar-refractivity contribution in [2.45, 2.75) is 13.0 Å². The third-order valence-corrected chi connectivity index (χ3v) is 4.27. The second-order valence-electron chi connectivity index (χ2n) is 5.90. The minimum atomic E-state index is -0.582. The van der Waals surface area contributed by atoms with Crippen molar-refractivity contribution >= 4 is 22.4 Å². The summed E-state index contributed by atoms with van der Waals surface area (Å²) in [5.41, 5.74) is 5.94. The standard InChI is InChI=1S/C18H18N4O5/c1-27-14-6-3-12(4-7-14)18(23)17-15-8-5-13(22(25)26)11-16(15)21(24)20(17)10-2-9-19/h3-8,11H,2,9-10,19H2,1H3. The monoisotopic (exact) mass is 370 g/mol. The SMILES string of the molecule is COc1ccc(C(=O)c2c3ccc([N+](=O)[O-])cc3[n+]([O-])n2CCCN)cc1. The van der Waals surface area contributed by atoms with Crippen LogP contribution < -0.4 is 15.3 Å². The zero-order valence-electron chi connectivity index (χ0n) is 14.6. The van der Waals surface area contributed by atoms with Gasteiger partial charge in [-0.25, -0.2) is 0 Å². The molecule has 0 saturated heterocycles. The van der Waals surface area contributed by atoms with Gasteiger partial charge in [-0.05, 0) is 43.3 Å². The minimum Gasteiger partial charge on any atom is -0.595 e. The molecule has 3 aromatic rings. The maximum atomic E-state index is 13.1. The van der Waals surface area contributed by atoms with Gasteiger partial charge in [-0.3, -0.25) is 14.9 Å². The number of benzene rings is 2. The fraction of sp³-hybridized carbons (Fsp3) is 0.222. The molecular formula is C18H18N4O5. The van der Waals surface area contributed by atoms with Gasteiger partial charge in [0.25, 0.3) is 11.2 Å². The van der Waals surface area contributed by atoms with Gasteiger partial charge in [-0.15, -0.1) is 4.68 Å². The lowest BCUT2D eigenvalue weighted by Crippen LogP contribution is -2.39. The molecule has 0 fully saturated rings. The molecule has 0 aliphatic rings. The molecule has 1 heterocycles. The molecule has 3 rings (SSSR count). The van der Waals surface area contributed by atoms with Crippen molar-refractivity contribution in [1.82, 2.24) is 4.68 Å². The van der Waals surface area contributed by atoms with E-state index in [1.54, 1.807) is 24.3 Å². The second kappa shape index (κ2) is 7.42. The third kappa shape index (κ3) is 3.32. The fourth-order valence-corrected chi connectivity index (χ4v) is 2.91. The maximum absolute atomic E-state index is 13.1. The van der Waals surface area contributed by atoms with Gasteiger partial charge >= 0.3 is 0 Å². The van der Waals surface area contributed by atoms with Crippen LogP contribution in [0.5, 0.6) is 5.75 Å². The van der Waals surface area contributed by atoms with Gasteiger partial charge in [0, 0.05) is 11.6 Å². The average Bonchev–Trinajstić information content (AvgIpc) is 2.97. The van der Waals surface area contributed by atoms with Crippen LogP contribution in [0.4, 0.5) is 5.69 Å². The molecule has 0 bridgehead atoms. The van der Waals surface area contributed by atoms with E-state index in [4.69, 9.17) is 10.5 Å². The number of nitrogens with zero attached hydrogens (tertiary/aromatic N) is 3. The highest BCUT2D eigenvalue weighted by Crippen LogP contribution is 2.25. The van der Waals surface area contributed by atoms with E-state index in [1.807, 2.05) is 0 Å². The predicted molar refractivity (Wildman–Crippen MR) is 97.7 cm³/mol. The summed E-state index contributed by atoms with van der Waals surface area (Å²) in [6.45, 7) is 0.560. The second-order valence-corrected chi connectivity index (χ2v) is 5.90. The molecule has 0 atom stereocenters.